The molecule has 0 aromatic heterocycles. The lowest BCUT2D eigenvalue weighted by Crippen LogP contribution is -2.38. The van der Waals surface area contributed by atoms with Crippen LogP contribution < -0.4 is 9.62 Å². The van der Waals surface area contributed by atoms with Gasteiger partial charge in [-0.2, -0.15) is 13.2 Å². The lowest BCUT2D eigenvalue weighted by Gasteiger charge is -2.26. The van der Waals surface area contributed by atoms with E-state index in [1.165, 1.54) is 24.3 Å². The van der Waals surface area contributed by atoms with Crippen LogP contribution in [0.3, 0.4) is 0 Å². The van der Waals surface area contributed by atoms with Crippen molar-refractivity contribution in [1.29, 1.82) is 0 Å². The van der Waals surface area contributed by atoms with Crippen molar-refractivity contribution in [3.8, 4) is 0 Å². The first kappa shape index (κ1) is 25.6. The first-order valence-electron chi connectivity index (χ1n) is 10.2. The maximum Gasteiger partial charge on any atom is 0.416 e. The number of rotatable bonds is 7. The van der Waals surface area contributed by atoms with Crippen molar-refractivity contribution >= 4 is 38.9 Å². The van der Waals surface area contributed by atoms with Gasteiger partial charge in [0.25, 0.3) is 10.0 Å². The summed E-state index contributed by atoms with van der Waals surface area (Å²) in [5.41, 5.74) is -0.0841. The molecule has 1 N–H and O–H groups in total. The Morgan fingerprint density at radius 3 is 2.18 bits per heavy atom. The zero-order valence-corrected chi connectivity index (χ0v) is 19.9. The Bertz CT molecular complexity index is 1260. The van der Waals surface area contributed by atoms with Gasteiger partial charge >= 0.3 is 6.18 Å². The van der Waals surface area contributed by atoms with Gasteiger partial charge in [-0.1, -0.05) is 55.8 Å². The Hall–Kier alpha value is -3.04. The molecule has 3 aromatic carbocycles. The number of alkyl halides is 3. The number of nitrogens with one attached hydrogen (secondary N) is 1. The molecule has 10 heteroatoms. The summed E-state index contributed by atoms with van der Waals surface area (Å²) in [6.45, 7) is 3.24. The Balaban J connectivity index is 2.00. The number of carbonyl (C=O) groups is 1. The van der Waals surface area contributed by atoms with Crippen LogP contribution in [0.5, 0.6) is 0 Å². The van der Waals surface area contributed by atoms with Gasteiger partial charge in [0.15, 0.2) is 0 Å². The molecule has 3 aromatic rings. The van der Waals surface area contributed by atoms with Crippen molar-refractivity contribution in [2.24, 2.45) is 0 Å². The van der Waals surface area contributed by atoms with Crippen molar-refractivity contribution in [3.63, 3.8) is 0 Å². The van der Waals surface area contributed by atoms with Crippen molar-refractivity contribution in [2.45, 2.75) is 30.8 Å². The zero-order chi connectivity index (χ0) is 25.1. The van der Waals surface area contributed by atoms with Crippen LogP contribution in [0.25, 0.3) is 0 Å². The van der Waals surface area contributed by atoms with Crippen LogP contribution in [-0.4, -0.2) is 20.9 Å². The fourth-order valence-electron chi connectivity index (χ4n) is 3.18. The molecule has 1 amide bonds. The second-order valence-corrected chi connectivity index (χ2v) is 10.1. The van der Waals surface area contributed by atoms with E-state index in [2.05, 4.69) is 5.32 Å². The largest absolute Gasteiger partial charge is 0.416 e. The zero-order valence-electron chi connectivity index (χ0n) is 18.3. The van der Waals surface area contributed by atoms with Gasteiger partial charge in [0, 0.05) is 5.69 Å². The molecule has 34 heavy (non-hydrogen) atoms. The molecule has 0 atom stereocenters. The van der Waals surface area contributed by atoms with Crippen molar-refractivity contribution in [1.82, 2.24) is 0 Å². The van der Waals surface area contributed by atoms with Gasteiger partial charge < -0.3 is 5.32 Å². The molecule has 0 unspecified atom stereocenters. The SMILES string of the molecule is CC(C)c1ccc(NC(=O)CN(c2cc(C(F)(F)F)ccc2Cl)S(=O)(=O)c2ccccc2)cc1. The van der Waals surface area contributed by atoms with Gasteiger partial charge in [-0.05, 0) is 53.9 Å². The van der Waals surface area contributed by atoms with Gasteiger partial charge in [-0.3, -0.25) is 9.10 Å². The number of halogens is 4. The molecule has 5 nitrogen and oxygen atoms in total. The van der Waals surface area contributed by atoms with E-state index in [9.17, 15) is 26.4 Å². The van der Waals surface area contributed by atoms with Crippen molar-refractivity contribution in [3.05, 3.63) is 88.9 Å². The first-order valence-corrected chi connectivity index (χ1v) is 12.1. The van der Waals surface area contributed by atoms with E-state index in [4.69, 9.17) is 11.6 Å². The van der Waals surface area contributed by atoms with E-state index in [1.54, 1.807) is 18.2 Å². The summed E-state index contributed by atoms with van der Waals surface area (Å²) in [5.74, 6) is -0.468. The highest BCUT2D eigenvalue weighted by atomic mass is 35.5. The number of amides is 1. The molecular weight excluding hydrogens is 489 g/mol. The molecular formula is C24H22ClF3N2O3S. The highest BCUT2D eigenvalue weighted by Gasteiger charge is 2.34. The number of carbonyl (C=O) groups excluding carboxylic acids is 1. The van der Waals surface area contributed by atoms with Crippen molar-refractivity contribution in [2.75, 3.05) is 16.2 Å². The quantitative estimate of drug-likeness (QED) is 0.404. The lowest BCUT2D eigenvalue weighted by atomic mass is 10.0. The molecule has 3 rings (SSSR count). The summed E-state index contributed by atoms with van der Waals surface area (Å²) in [4.78, 5) is 12.6. The Morgan fingerprint density at radius 1 is 1.00 bits per heavy atom. The van der Waals surface area contributed by atoms with E-state index < -0.39 is 39.9 Å². The van der Waals surface area contributed by atoms with E-state index >= 15 is 0 Å². The van der Waals surface area contributed by atoms with Crippen LogP contribution in [-0.2, 0) is 21.0 Å². The summed E-state index contributed by atoms with van der Waals surface area (Å²) >= 11 is 6.12. The van der Waals surface area contributed by atoms with E-state index in [1.807, 2.05) is 26.0 Å². The standard InChI is InChI=1S/C24H22ClF3N2O3S/c1-16(2)17-8-11-19(12-9-17)29-23(31)15-30(34(32,33)20-6-4-3-5-7-20)22-14-18(24(26,27)28)10-13-21(22)25/h3-14,16H,15H2,1-2H3,(H,29,31). The Labute approximate surface area is 201 Å². The molecule has 0 saturated carbocycles. The molecule has 0 radical (unpaired) electrons. The van der Waals surface area contributed by atoms with Crippen LogP contribution >= 0.6 is 11.6 Å². The number of benzene rings is 3. The third-order valence-electron chi connectivity index (χ3n) is 5.02. The molecule has 0 spiro atoms. The topological polar surface area (TPSA) is 66.5 Å². The molecule has 0 aliphatic heterocycles. The monoisotopic (exact) mass is 510 g/mol. The first-order chi connectivity index (χ1) is 15.9. The number of anilines is 2. The summed E-state index contributed by atoms with van der Waals surface area (Å²) in [6.07, 6.45) is -4.73. The number of hydrogen-bond acceptors (Lipinski definition) is 3. The predicted octanol–water partition coefficient (Wildman–Crippen LogP) is 6.32. The molecule has 0 aliphatic carbocycles. The number of hydrogen-bond donors (Lipinski definition) is 1. The molecule has 0 saturated heterocycles. The maximum absolute atomic E-state index is 13.4. The predicted molar refractivity (Wildman–Crippen MR) is 127 cm³/mol. The second kappa shape index (κ2) is 10.1. The smallest absolute Gasteiger partial charge is 0.325 e. The summed E-state index contributed by atoms with van der Waals surface area (Å²) in [6, 6.07) is 16.4. The van der Waals surface area contributed by atoms with E-state index in [0.29, 0.717) is 16.1 Å². The van der Waals surface area contributed by atoms with Crippen LogP contribution in [0.15, 0.2) is 77.7 Å². The van der Waals surface area contributed by atoms with E-state index in [0.717, 1.165) is 17.7 Å². The molecule has 180 valence electrons. The summed E-state index contributed by atoms with van der Waals surface area (Å²) in [5, 5.41) is 2.34. The highest BCUT2D eigenvalue weighted by molar-refractivity contribution is 7.92. The van der Waals surface area contributed by atoms with Crippen molar-refractivity contribution < 1.29 is 26.4 Å². The minimum atomic E-state index is -4.73. The maximum atomic E-state index is 13.4. The number of nitrogens with zero attached hydrogens (tertiary/aromatic N) is 1. The van der Waals surface area contributed by atoms with Gasteiger partial charge in [0.05, 0.1) is 21.2 Å². The van der Waals surface area contributed by atoms with E-state index in [-0.39, 0.29) is 15.8 Å². The summed E-state index contributed by atoms with van der Waals surface area (Å²) < 4.78 is 67.3. The summed E-state index contributed by atoms with van der Waals surface area (Å²) in [7, 11) is -4.42. The van der Waals surface area contributed by atoms with Gasteiger partial charge in [-0.15, -0.1) is 0 Å². The Morgan fingerprint density at radius 2 is 1.62 bits per heavy atom. The van der Waals surface area contributed by atoms with Crippen LogP contribution in [0, 0.1) is 0 Å². The van der Waals surface area contributed by atoms with Crippen LogP contribution in [0.2, 0.25) is 5.02 Å². The van der Waals surface area contributed by atoms with Gasteiger partial charge in [0.2, 0.25) is 5.91 Å². The molecule has 0 aliphatic rings. The third-order valence-corrected chi connectivity index (χ3v) is 7.12. The third kappa shape index (κ3) is 5.90. The molecule has 0 fully saturated rings. The lowest BCUT2D eigenvalue weighted by molar-refractivity contribution is -0.137. The van der Waals surface area contributed by atoms with Gasteiger partial charge in [0.1, 0.15) is 6.54 Å². The normalized spacial score (nSPS) is 12.0. The second-order valence-electron chi connectivity index (χ2n) is 7.81. The highest BCUT2D eigenvalue weighted by Crippen LogP contribution is 2.37. The Kier molecular flexibility index (Phi) is 7.57. The van der Waals surface area contributed by atoms with Crippen LogP contribution in [0.4, 0.5) is 24.5 Å². The minimum Gasteiger partial charge on any atom is -0.325 e. The average Bonchev–Trinajstić information content (AvgIpc) is 2.78. The molecule has 0 heterocycles. The molecule has 0 bridgehead atoms. The average molecular weight is 511 g/mol. The van der Waals surface area contributed by atoms with Crippen LogP contribution in [0.1, 0.15) is 30.9 Å². The van der Waals surface area contributed by atoms with Gasteiger partial charge in [-0.25, -0.2) is 8.42 Å². The fraction of sp³-hybridized carbons (Fsp3) is 0.208. The fourth-order valence-corrected chi connectivity index (χ4v) is 4.90. The minimum absolute atomic E-state index is 0.197. The number of sulfonamides is 1.